The van der Waals surface area contributed by atoms with E-state index in [2.05, 4.69) is 0 Å². The smallest absolute Gasteiger partial charge is 0.257 e. The monoisotopic (exact) mass is 565 g/mol. The second-order valence-corrected chi connectivity index (χ2v) is 13.7. The van der Waals surface area contributed by atoms with Crippen molar-refractivity contribution in [2.45, 2.75) is 62.3 Å². The van der Waals surface area contributed by atoms with Gasteiger partial charge in [0.25, 0.3) is 5.91 Å². The minimum Gasteiger partial charge on any atom is -0.497 e. The summed E-state index contributed by atoms with van der Waals surface area (Å²) in [6, 6.07) is 12.1. The molecule has 9 nitrogen and oxygen atoms in total. The molecule has 3 amide bonds. The topological polar surface area (TPSA) is 127 Å². The van der Waals surface area contributed by atoms with E-state index >= 15 is 0 Å². The normalized spacial score (nSPS) is 29.2. The minimum atomic E-state index is -3.81. The number of benzene rings is 2. The van der Waals surface area contributed by atoms with Gasteiger partial charge in [-0.1, -0.05) is 12.1 Å². The van der Waals surface area contributed by atoms with Crippen molar-refractivity contribution >= 4 is 33.4 Å². The van der Waals surface area contributed by atoms with E-state index in [0.717, 1.165) is 24.8 Å². The van der Waals surface area contributed by atoms with Crippen molar-refractivity contribution in [3.05, 3.63) is 54.1 Å². The molecule has 5 fully saturated rings. The van der Waals surface area contributed by atoms with Gasteiger partial charge in [0.15, 0.2) is 0 Å². The van der Waals surface area contributed by atoms with Crippen LogP contribution in [0.5, 0.6) is 5.75 Å². The standard InChI is InChI=1S/C30H35N3O6S/c1-39-24-6-4-23(5-7-24)33-27(34)15-26(28(33)35)32(11-10-19-2-8-25(9-3-19)40(31,37)38)29(36)30-16-20-12-21(17-30)14-22(13-20)18-30/h2-9,20-22,26H,10-18H2,1H3,(H2,31,37,38). The Balaban J connectivity index is 1.29. The summed E-state index contributed by atoms with van der Waals surface area (Å²) < 4.78 is 28.6. The van der Waals surface area contributed by atoms with Gasteiger partial charge in [-0.3, -0.25) is 14.4 Å². The Morgan fingerprint density at radius 1 is 0.975 bits per heavy atom. The maximum Gasteiger partial charge on any atom is 0.257 e. The quantitative estimate of drug-likeness (QED) is 0.490. The van der Waals surface area contributed by atoms with E-state index in [9.17, 15) is 22.8 Å². The molecule has 1 unspecified atom stereocenters. The molecule has 7 rings (SSSR count). The number of hydrogen-bond acceptors (Lipinski definition) is 6. The highest BCUT2D eigenvalue weighted by Crippen LogP contribution is 2.60. The van der Waals surface area contributed by atoms with Gasteiger partial charge in [-0.05, 0) is 105 Å². The predicted octanol–water partition coefficient (Wildman–Crippen LogP) is 3.26. The first kappa shape index (κ1) is 27.0. The molecular weight excluding hydrogens is 530 g/mol. The number of sulfonamides is 1. The van der Waals surface area contributed by atoms with Crippen LogP contribution in [0, 0.1) is 23.2 Å². The average molecular weight is 566 g/mol. The van der Waals surface area contributed by atoms with Gasteiger partial charge >= 0.3 is 0 Å². The van der Waals surface area contributed by atoms with Crippen LogP contribution in [0.3, 0.4) is 0 Å². The number of hydrogen-bond donors (Lipinski definition) is 1. The average Bonchev–Trinajstić information content (AvgIpc) is 3.21. The zero-order chi connectivity index (χ0) is 28.2. The number of ether oxygens (including phenoxy) is 1. The summed E-state index contributed by atoms with van der Waals surface area (Å²) in [7, 11) is -2.26. The minimum absolute atomic E-state index is 0.00418. The lowest BCUT2D eigenvalue weighted by Gasteiger charge is -2.57. The van der Waals surface area contributed by atoms with Gasteiger partial charge < -0.3 is 9.64 Å². The molecule has 1 saturated heterocycles. The summed E-state index contributed by atoms with van der Waals surface area (Å²) in [5.74, 6) is 1.55. The van der Waals surface area contributed by atoms with Crippen molar-refractivity contribution < 1.29 is 27.5 Å². The zero-order valence-corrected chi connectivity index (χ0v) is 23.4. The Kier molecular flexibility index (Phi) is 6.73. The van der Waals surface area contributed by atoms with E-state index in [1.807, 2.05) is 0 Å². The molecule has 2 aromatic rings. The van der Waals surface area contributed by atoms with Crippen LogP contribution in [-0.2, 0) is 30.8 Å². The number of primary sulfonamides is 1. The first-order valence-electron chi connectivity index (χ1n) is 14.0. The summed E-state index contributed by atoms with van der Waals surface area (Å²) in [6.45, 7) is 0.259. The van der Waals surface area contributed by atoms with Gasteiger partial charge in [-0.15, -0.1) is 0 Å². The van der Waals surface area contributed by atoms with Crippen LogP contribution in [0.2, 0.25) is 0 Å². The van der Waals surface area contributed by atoms with E-state index in [-0.39, 0.29) is 29.7 Å². The van der Waals surface area contributed by atoms with Crippen LogP contribution in [0.4, 0.5) is 5.69 Å². The van der Waals surface area contributed by atoms with Crippen molar-refractivity contribution in [1.29, 1.82) is 0 Å². The van der Waals surface area contributed by atoms with Crippen molar-refractivity contribution in [3.8, 4) is 5.75 Å². The molecule has 2 aromatic carbocycles. The zero-order valence-electron chi connectivity index (χ0n) is 22.6. The van der Waals surface area contributed by atoms with Crippen LogP contribution >= 0.6 is 0 Å². The maximum atomic E-state index is 14.5. The van der Waals surface area contributed by atoms with Crippen molar-refractivity contribution in [2.24, 2.45) is 28.3 Å². The highest BCUT2D eigenvalue weighted by molar-refractivity contribution is 7.89. The van der Waals surface area contributed by atoms with Crippen LogP contribution in [0.25, 0.3) is 0 Å². The molecule has 1 heterocycles. The Morgan fingerprint density at radius 3 is 2.08 bits per heavy atom. The summed E-state index contributed by atoms with van der Waals surface area (Å²) in [5.41, 5.74) is 0.807. The largest absolute Gasteiger partial charge is 0.497 e. The summed E-state index contributed by atoms with van der Waals surface area (Å²) in [4.78, 5) is 44.4. The Morgan fingerprint density at radius 2 is 1.55 bits per heavy atom. The van der Waals surface area contributed by atoms with Crippen LogP contribution in [0.1, 0.15) is 50.5 Å². The van der Waals surface area contributed by atoms with Crippen molar-refractivity contribution in [3.63, 3.8) is 0 Å². The molecule has 2 N–H and O–H groups in total. The van der Waals surface area contributed by atoms with E-state index in [1.165, 1.54) is 36.3 Å². The third-order valence-electron chi connectivity index (χ3n) is 9.48. The SMILES string of the molecule is COc1ccc(N2C(=O)CC(N(CCc3ccc(S(N)(=O)=O)cc3)C(=O)C34CC5CC(CC(C5)C3)C4)C2=O)cc1. The van der Waals surface area contributed by atoms with Crippen LogP contribution in [0.15, 0.2) is 53.4 Å². The first-order valence-corrected chi connectivity index (χ1v) is 15.5. The fourth-order valence-corrected chi connectivity index (χ4v) is 8.55. The second kappa shape index (κ2) is 9.99. The number of amides is 3. The summed E-state index contributed by atoms with van der Waals surface area (Å²) in [5, 5.41) is 5.24. The predicted molar refractivity (Wildman–Crippen MR) is 148 cm³/mol. The molecule has 1 atom stereocenters. The molecule has 0 radical (unpaired) electrons. The molecule has 4 saturated carbocycles. The number of methoxy groups -OCH3 is 1. The van der Waals surface area contributed by atoms with Crippen molar-refractivity contribution in [1.82, 2.24) is 4.90 Å². The summed E-state index contributed by atoms with van der Waals surface area (Å²) >= 11 is 0. The molecule has 1 aliphatic heterocycles. The Labute approximate surface area is 234 Å². The lowest BCUT2D eigenvalue weighted by molar-refractivity contribution is -0.161. The molecule has 40 heavy (non-hydrogen) atoms. The van der Waals surface area contributed by atoms with E-state index < -0.39 is 27.4 Å². The van der Waals surface area contributed by atoms with Crippen LogP contribution in [-0.4, -0.2) is 50.7 Å². The lowest BCUT2D eigenvalue weighted by Crippen LogP contribution is -2.58. The number of anilines is 1. The van der Waals surface area contributed by atoms with Gasteiger partial charge in [-0.25, -0.2) is 18.5 Å². The van der Waals surface area contributed by atoms with E-state index in [4.69, 9.17) is 9.88 Å². The van der Waals surface area contributed by atoms with Gasteiger partial charge in [0.1, 0.15) is 11.8 Å². The molecule has 212 valence electrons. The maximum absolute atomic E-state index is 14.5. The van der Waals surface area contributed by atoms with Gasteiger partial charge in [-0.2, -0.15) is 0 Å². The van der Waals surface area contributed by atoms with Crippen molar-refractivity contribution in [2.75, 3.05) is 18.6 Å². The van der Waals surface area contributed by atoms with E-state index in [1.54, 1.807) is 48.4 Å². The highest BCUT2D eigenvalue weighted by atomic mass is 32.2. The molecule has 0 aromatic heterocycles. The molecular formula is C30H35N3O6S. The summed E-state index contributed by atoms with van der Waals surface area (Å²) in [6.07, 6.45) is 6.49. The Bertz CT molecular complexity index is 1400. The van der Waals surface area contributed by atoms with E-state index in [0.29, 0.717) is 35.6 Å². The number of nitrogens with two attached hydrogens (primary N) is 1. The lowest BCUT2D eigenvalue weighted by atomic mass is 9.49. The van der Waals surface area contributed by atoms with Gasteiger partial charge in [0.05, 0.1) is 29.5 Å². The fourth-order valence-electron chi connectivity index (χ4n) is 8.03. The molecule has 4 aliphatic carbocycles. The molecule has 10 heteroatoms. The first-order chi connectivity index (χ1) is 19.1. The molecule has 4 bridgehead atoms. The second-order valence-electron chi connectivity index (χ2n) is 12.1. The van der Waals surface area contributed by atoms with Gasteiger partial charge in [0, 0.05) is 6.54 Å². The Hall–Kier alpha value is -3.24. The van der Waals surface area contributed by atoms with Gasteiger partial charge in [0.2, 0.25) is 21.8 Å². The number of imide groups is 1. The molecule has 5 aliphatic rings. The third kappa shape index (κ3) is 4.81. The highest BCUT2D eigenvalue weighted by Gasteiger charge is 2.57. The third-order valence-corrected chi connectivity index (χ3v) is 10.4. The number of nitrogens with zero attached hydrogens (tertiary/aromatic N) is 2. The fraction of sp³-hybridized carbons (Fsp3) is 0.500. The number of rotatable bonds is 8. The van der Waals surface area contributed by atoms with Crippen LogP contribution < -0.4 is 14.8 Å². The number of carbonyl (C=O) groups is 3. The molecule has 0 spiro atoms. The number of carbonyl (C=O) groups excluding carboxylic acids is 3.